The minimum absolute atomic E-state index is 0. The Labute approximate surface area is 170 Å². The highest BCUT2D eigenvalue weighted by atomic mass is 79.9. The number of hydrogen-bond acceptors (Lipinski definition) is 3. The highest BCUT2D eigenvalue weighted by molar-refractivity contribution is 8.93. The molecule has 0 spiro atoms. The molecule has 0 aromatic heterocycles. The zero-order valence-corrected chi connectivity index (χ0v) is 17.1. The summed E-state index contributed by atoms with van der Waals surface area (Å²) in [4.78, 5) is 6.00. The quantitative estimate of drug-likeness (QED) is 0.673. The van der Waals surface area contributed by atoms with Crippen molar-refractivity contribution in [1.29, 1.82) is 0 Å². The van der Waals surface area contributed by atoms with E-state index < -0.39 is 17.5 Å². The van der Waals surface area contributed by atoms with Gasteiger partial charge < -0.3 is 10.0 Å². The first-order valence-corrected chi connectivity index (χ1v) is 9.04. The number of rotatable bonds is 1. The number of aliphatic imine (C=N–C) groups is 1. The van der Waals surface area contributed by atoms with Gasteiger partial charge in [-0.2, -0.15) is 13.2 Å². The van der Waals surface area contributed by atoms with E-state index in [1.807, 2.05) is 25.2 Å². The van der Waals surface area contributed by atoms with Crippen LogP contribution < -0.4 is 0 Å². The molecule has 3 nitrogen and oxygen atoms in total. The Kier molecular flexibility index (Phi) is 5.12. The summed E-state index contributed by atoms with van der Waals surface area (Å²) in [6.45, 7) is 0. The minimum Gasteiger partial charge on any atom is -0.366 e. The van der Waals surface area contributed by atoms with E-state index in [9.17, 15) is 18.3 Å². The molecule has 2 aromatic carbocycles. The van der Waals surface area contributed by atoms with Gasteiger partial charge in [-0.15, -0.1) is 17.0 Å². The van der Waals surface area contributed by atoms with Gasteiger partial charge in [0.1, 0.15) is 0 Å². The molecule has 0 amide bonds. The van der Waals surface area contributed by atoms with Crippen LogP contribution in [0.3, 0.4) is 0 Å². The van der Waals surface area contributed by atoms with Gasteiger partial charge >= 0.3 is 6.18 Å². The largest absolute Gasteiger partial charge is 0.416 e. The number of thioether (sulfide) groups is 1. The molecule has 1 fully saturated rings. The normalized spacial score (nSPS) is 25.3. The molecule has 1 N–H and O–H groups in total. The van der Waals surface area contributed by atoms with Gasteiger partial charge in [0.2, 0.25) is 0 Å². The first-order chi connectivity index (χ1) is 12.3. The van der Waals surface area contributed by atoms with E-state index >= 15 is 0 Å². The Morgan fingerprint density at radius 2 is 1.85 bits per heavy atom. The second-order valence-corrected chi connectivity index (χ2v) is 7.68. The maximum Gasteiger partial charge on any atom is 0.416 e. The summed E-state index contributed by atoms with van der Waals surface area (Å²) in [6, 6.07) is 10.8. The molecule has 1 heterocycles. The van der Waals surface area contributed by atoms with Crippen LogP contribution in [-0.4, -0.2) is 34.5 Å². The average Bonchev–Trinajstić information content (AvgIpc) is 3.04. The maximum atomic E-state index is 12.8. The third-order valence-corrected chi connectivity index (χ3v) is 6.62. The van der Waals surface area contributed by atoms with Gasteiger partial charge in [0.05, 0.1) is 10.8 Å². The van der Waals surface area contributed by atoms with E-state index in [4.69, 9.17) is 0 Å². The Hall–Kier alpha value is -1.51. The first kappa shape index (κ1) is 20.2. The van der Waals surface area contributed by atoms with Crippen molar-refractivity contribution in [1.82, 2.24) is 4.90 Å². The van der Waals surface area contributed by atoms with Crippen molar-refractivity contribution in [3.8, 4) is 11.1 Å². The van der Waals surface area contributed by atoms with Gasteiger partial charge in [-0.3, -0.25) is 4.99 Å². The molecule has 4 rings (SSSR count). The van der Waals surface area contributed by atoms with Crippen LogP contribution >= 0.6 is 28.7 Å². The SMILES string of the molecule is Br.C/N=C1\SC2Cc3c(-c4ccc(C(F)(F)F)cc4)cccc3C2(O)N1C. The third kappa shape index (κ3) is 2.98. The molecular weight excluding hydrogens is 441 g/mol. The molecule has 1 aliphatic heterocycles. The highest BCUT2D eigenvalue weighted by Crippen LogP contribution is 2.53. The smallest absolute Gasteiger partial charge is 0.366 e. The van der Waals surface area contributed by atoms with Crippen LogP contribution in [0.25, 0.3) is 11.1 Å². The lowest BCUT2D eigenvalue weighted by molar-refractivity contribution is -0.137. The second kappa shape index (κ2) is 6.83. The van der Waals surface area contributed by atoms with Crippen LogP contribution in [0.5, 0.6) is 0 Å². The number of fused-ring (bicyclic) bond motifs is 3. The van der Waals surface area contributed by atoms with Crippen LogP contribution in [0.15, 0.2) is 47.5 Å². The number of amidine groups is 1. The van der Waals surface area contributed by atoms with Crippen LogP contribution in [0.2, 0.25) is 0 Å². The molecule has 2 aliphatic rings. The van der Waals surface area contributed by atoms with Gasteiger partial charge in [-0.05, 0) is 35.2 Å². The first-order valence-electron chi connectivity index (χ1n) is 8.16. The zero-order chi connectivity index (χ0) is 18.7. The second-order valence-electron chi connectivity index (χ2n) is 6.51. The molecule has 144 valence electrons. The Balaban J connectivity index is 0.00000210. The fraction of sp³-hybridized carbons (Fsp3) is 0.316. The van der Waals surface area contributed by atoms with Crippen molar-refractivity contribution in [2.45, 2.75) is 23.6 Å². The number of hydrogen-bond donors (Lipinski definition) is 1. The molecule has 0 saturated carbocycles. The molecule has 8 heteroatoms. The highest BCUT2D eigenvalue weighted by Gasteiger charge is 2.56. The average molecular weight is 459 g/mol. The third-order valence-electron chi connectivity index (χ3n) is 5.17. The predicted molar refractivity (Wildman–Crippen MR) is 107 cm³/mol. The molecule has 2 aromatic rings. The van der Waals surface area contributed by atoms with Crippen LogP contribution in [0, 0.1) is 0 Å². The lowest BCUT2D eigenvalue weighted by Gasteiger charge is -2.31. The molecule has 0 bridgehead atoms. The zero-order valence-electron chi connectivity index (χ0n) is 14.6. The topological polar surface area (TPSA) is 35.8 Å². The van der Waals surface area contributed by atoms with Gasteiger partial charge in [0.25, 0.3) is 0 Å². The van der Waals surface area contributed by atoms with Crippen LogP contribution in [0.1, 0.15) is 16.7 Å². The van der Waals surface area contributed by atoms with Gasteiger partial charge in [0, 0.05) is 19.7 Å². The number of benzene rings is 2. The molecule has 0 radical (unpaired) electrons. The standard InChI is InChI=1S/C19H17F3N2OS.BrH/c1-23-17-24(2)18(25)15-5-3-4-13(14(15)10-16(18)26-17)11-6-8-12(9-7-11)19(20,21)22;/h3-9,16,25H,10H2,1-2H3;1H/b23-17-;. The van der Waals surface area contributed by atoms with Crippen molar-refractivity contribution in [2.75, 3.05) is 14.1 Å². The van der Waals surface area contributed by atoms with Crippen LogP contribution in [0.4, 0.5) is 13.2 Å². The fourth-order valence-electron chi connectivity index (χ4n) is 3.84. The van der Waals surface area contributed by atoms with Crippen LogP contribution in [-0.2, 0) is 18.3 Å². The lowest BCUT2D eigenvalue weighted by Crippen LogP contribution is -2.44. The minimum atomic E-state index is -4.35. The van der Waals surface area contributed by atoms with Crippen molar-refractivity contribution >= 4 is 33.9 Å². The van der Waals surface area contributed by atoms with Gasteiger partial charge in [-0.25, -0.2) is 0 Å². The maximum absolute atomic E-state index is 12.8. The molecular formula is C19H18BrF3N2OS. The van der Waals surface area contributed by atoms with Crippen molar-refractivity contribution in [3.63, 3.8) is 0 Å². The van der Waals surface area contributed by atoms with Crippen molar-refractivity contribution < 1.29 is 18.3 Å². The molecule has 2 atom stereocenters. The van der Waals surface area contributed by atoms with E-state index in [0.29, 0.717) is 6.42 Å². The number of alkyl halides is 3. The lowest BCUT2D eigenvalue weighted by atomic mass is 9.94. The van der Waals surface area contributed by atoms with Crippen molar-refractivity contribution in [2.24, 2.45) is 4.99 Å². The molecule has 1 aliphatic carbocycles. The summed E-state index contributed by atoms with van der Waals surface area (Å²) in [5.41, 5.74) is 1.56. The summed E-state index contributed by atoms with van der Waals surface area (Å²) in [5, 5.41) is 12.0. The van der Waals surface area contributed by atoms with E-state index in [-0.39, 0.29) is 22.2 Å². The fourth-order valence-corrected chi connectivity index (χ4v) is 5.19. The molecule has 1 saturated heterocycles. The Bertz CT molecular complexity index is 901. The summed E-state index contributed by atoms with van der Waals surface area (Å²) in [5.74, 6) is 0. The number of aliphatic hydroxyl groups is 1. The van der Waals surface area contributed by atoms with E-state index in [2.05, 4.69) is 4.99 Å². The summed E-state index contributed by atoms with van der Waals surface area (Å²) in [6.07, 6.45) is -3.71. The molecule has 27 heavy (non-hydrogen) atoms. The van der Waals surface area contributed by atoms with E-state index in [0.717, 1.165) is 39.6 Å². The predicted octanol–water partition coefficient (Wildman–Crippen LogP) is 4.68. The number of halogens is 4. The number of nitrogens with zero attached hydrogens (tertiary/aromatic N) is 2. The molecule has 2 unspecified atom stereocenters. The monoisotopic (exact) mass is 458 g/mol. The van der Waals surface area contributed by atoms with Gasteiger partial charge in [0.15, 0.2) is 10.9 Å². The summed E-state index contributed by atoms with van der Waals surface area (Å²) in [7, 11) is 3.51. The van der Waals surface area contributed by atoms with E-state index in [1.165, 1.54) is 23.9 Å². The Morgan fingerprint density at radius 3 is 2.44 bits per heavy atom. The summed E-state index contributed by atoms with van der Waals surface area (Å²) < 4.78 is 38.4. The summed E-state index contributed by atoms with van der Waals surface area (Å²) >= 11 is 1.53. The van der Waals surface area contributed by atoms with Crippen molar-refractivity contribution in [3.05, 3.63) is 59.2 Å². The van der Waals surface area contributed by atoms with E-state index in [1.54, 1.807) is 11.9 Å². The van der Waals surface area contributed by atoms with Gasteiger partial charge in [-0.1, -0.05) is 42.1 Å². The Morgan fingerprint density at radius 1 is 1.19 bits per heavy atom.